The standard InChI is InChI=1S/C19H19N/c1-4-5-6-7-8-9-10-11-12-15-20-16-13-14-19(20)17-18(2)3/h15,18-19H,1,13-14,16-17H2,2-3H3. The summed E-state index contributed by atoms with van der Waals surface area (Å²) in [4.78, 5) is 2.34. The maximum absolute atomic E-state index is 3.35. The van der Waals surface area contributed by atoms with Crippen LogP contribution in [0.15, 0.2) is 64.4 Å². The van der Waals surface area contributed by atoms with Crippen LogP contribution >= 0.6 is 0 Å². The van der Waals surface area contributed by atoms with Crippen molar-refractivity contribution in [3.05, 3.63) is 64.4 Å². The van der Waals surface area contributed by atoms with Gasteiger partial charge in [0.15, 0.2) is 0 Å². The van der Waals surface area contributed by atoms with Crippen LogP contribution in [0.5, 0.6) is 0 Å². The molecule has 0 aromatic rings. The van der Waals surface area contributed by atoms with Crippen LogP contribution < -0.4 is 0 Å². The van der Waals surface area contributed by atoms with Gasteiger partial charge in [-0.15, -0.1) is 0 Å². The summed E-state index contributed by atoms with van der Waals surface area (Å²) in [5, 5.41) is 0. The van der Waals surface area contributed by atoms with Crippen molar-refractivity contribution in [2.45, 2.75) is 39.2 Å². The third-order valence-corrected chi connectivity index (χ3v) is 2.93. The largest absolute Gasteiger partial charge is 0.368 e. The first-order chi connectivity index (χ1) is 9.74. The molecule has 1 aliphatic heterocycles. The Labute approximate surface area is 121 Å². The summed E-state index contributed by atoms with van der Waals surface area (Å²) < 4.78 is 0. The lowest BCUT2D eigenvalue weighted by molar-refractivity contribution is 0.303. The summed E-state index contributed by atoms with van der Waals surface area (Å²) in [5.74, 6) is 0.728. The van der Waals surface area contributed by atoms with E-state index >= 15 is 0 Å². The van der Waals surface area contributed by atoms with Gasteiger partial charge >= 0.3 is 0 Å². The van der Waals surface area contributed by atoms with Crippen molar-refractivity contribution in [2.24, 2.45) is 5.92 Å². The molecule has 0 aromatic carbocycles. The number of rotatable bonds is 3. The van der Waals surface area contributed by atoms with Crippen LogP contribution in [0.3, 0.4) is 0 Å². The van der Waals surface area contributed by atoms with E-state index in [-0.39, 0.29) is 0 Å². The molecule has 1 heteroatoms. The number of nitrogens with zero attached hydrogens (tertiary/aromatic N) is 1. The predicted octanol–water partition coefficient (Wildman–Crippen LogP) is 4.04. The molecule has 1 saturated heterocycles. The lowest BCUT2D eigenvalue weighted by atomic mass is 10.0. The van der Waals surface area contributed by atoms with E-state index in [2.05, 4.69) is 76.9 Å². The number of likely N-dealkylation sites (tertiary alicyclic amines) is 1. The molecule has 0 N–H and O–H groups in total. The Hall–Kier alpha value is -2.44. The maximum atomic E-state index is 3.35. The van der Waals surface area contributed by atoms with Gasteiger partial charge in [-0.25, -0.2) is 0 Å². The van der Waals surface area contributed by atoms with Crippen LogP contribution in [0, 0.1) is 5.92 Å². The van der Waals surface area contributed by atoms with Crippen LogP contribution in [-0.2, 0) is 0 Å². The molecule has 0 aliphatic carbocycles. The van der Waals surface area contributed by atoms with E-state index in [0.29, 0.717) is 6.04 Å². The zero-order valence-electron chi connectivity index (χ0n) is 12.2. The zero-order chi connectivity index (χ0) is 14.6. The normalized spacial score (nSPS) is 15.3. The minimum atomic E-state index is 0.641. The SMILES string of the molecule is C=C=C=C=C=C=C=C=C=C=CN1CCCC1CC(C)C. The quantitative estimate of drug-likeness (QED) is 0.693. The second-order valence-electron chi connectivity index (χ2n) is 4.99. The fourth-order valence-electron chi connectivity index (χ4n) is 2.18. The molecule has 1 heterocycles. The second kappa shape index (κ2) is 9.48. The summed E-state index contributed by atoms with van der Waals surface area (Å²) in [6.07, 6.45) is 5.72. The molecule has 1 nitrogen and oxygen atoms in total. The minimum absolute atomic E-state index is 0.641. The molecule has 0 bridgehead atoms. The Bertz CT molecular complexity index is 653. The Morgan fingerprint density at radius 3 is 2.40 bits per heavy atom. The summed E-state index contributed by atoms with van der Waals surface area (Å²) in [6.45, 7) is 8.98. The average molecular weight is 261 g/mol. The van der Waals surface area contributed by atoms with Crippen molar-refractivity contribution >= 4 is 0 Å². The highest BCUT2D eigenvalue weighted by atomic mass is 15.2. The van der Waals surface area contributed by atoms with Crippen molar-refractivity contribution in [3.63, 3.8) is 0 Å². The van der Waals surface area contributed by atoms with Gasteiger partial charge in [0, 0.05) is 12.6 Å². The van der Waals surface area contributed by atoms with Crippen LogP contribution in [-0.4, -0.2) is 17.5 Å². The van der Waals surface area contributed by atoms with Gasteiger partial charge < -0.3 is 4.90 Å². The van der Waals surface area contributed by atoms with Gasteiger partial charge in [0.1, 0.15) is 0 Å². The van der Waals surface area contributed by atoms with Gasteiger partial charge in [-0.05, 0) is 77.6 Å². The summed E-state index contributed by atoms with van der Waals surface area (Å²) in [5.41, 5.74) is 23.8. The van der Waals surface area contributed by atoms with Crippen LogP contribution in [0.25, 0.3) is 0 Å². The molecule has 0 spiro atoms. The highest BCUT2D eigenvalue weighted by Gasteiger charge is 2.21. The van der Waals surface area contributed by atoms with Crippen molar-refractivity contribution in [2.75, 3.05) is 6.54 Å². The van der Waals surface area contributed by atoms with Gasteiger partial charge in [0.05, 0.1) is 6.20 Å². The molecule has 1 unspecified atom stereocenters. The Morgan fingerprint density at radius 2 is 1.75 bits per heavy atom. The average Bonchev–Trinajstić information content (AvgIpc) is 2.83. The number of hydrogen-bond donors (Lipinski definition) is 0. The van der Waals surface area contributed by atoms with E-state index in [1.807, 2.05) is 6.20 Å². The van der Waals surface area contributed by atoms with Gasteiger partial charge in [-0.1, -0.05) is 19.6 Å². The predicted molar refractivity (Wildman–Crippen MR) is 81.0 cm³/mol. The fourth-order valence-corrected chi connectivity index (χ4v) is 2.18. The fraction of sp³-hybridized carbons (Fsp3) is 0.421. The lowest BCUT2D eigenvalue weighted by Crippen LogP contribution is -2.25. The van der Waals surface area contributed by atoms with E-state index in [9.17, 15) is 0 Å². The summed E-state index contributed by atoms with van der Waals surface area (Å²) in [6, 6.07) is 0.641. The summed E-state index contributed by atoms with van der Waals surface area (Å²) in [7, 11) is 0. The monoisotopic (exact) mass is 261 g/mol. The van der Waals surface area contributed by atoms with Crippen molar-refractivity contribution in [3.8, 4) is 0 Å². The van der Waals surface area contributed by atoms with Gasteiger partial charge in [0.2, 0.25) is 0 Å². The van der Waals surface area contributed by atoms with Crippen molar-refractivity contribution in [1.82, 2.24) is 4.90 Å². The summed E-state index contributed by atoms with van der Waals surface area (Å²) >= 11 is 0. The molecule has 1 rings (SSSR count). The lowest BCUT2D eigenvalue weighted by Gasteiger charge is -2.23. The molecule has 100 valence electrons. The topological polar surface area (TPSA) is 3.24 Å². The van der Waals surface area contributed by atoms with Crippen molar-refractivity contribution in [1.29, 1.82) is 0 Å². The molecule has 20 heavy (non-hydrogen) atoms. The minimum Gasteiger partial charge on any atom is -0.368 e. The highest BCUT2D eigenvalue weighted by Crippen LogP contribution is 2.23. The Balaban J connectivity index is 2.84. The Kier molecular flexibility index (Phi) is 7.41. The molecular weight excluding hydrogens is 242 g/mol. The third kappa shape index (κ3) is 6.48. The van der Waals surface area contributed by atoms with Crippen LogP contribution in [0.1, 0.15) is 33.1 Å². The van der Waals surface area contributed by atoms with E-state index < -0.39 is 0 Å². The molecule has 0 amide bonds. The van der Waals surface area contributed by atoms with E-state index in [1.54, 1.807) is 0 Å². The van der Waals surface area contributed by atoms with E-state index in [1.165, 1.54) is 19.3 Å². The number of hydrogen-bond acceptors (Lipinski definition) is 1. The molecule has 0 radical (unpaired) electrons. The molecule has 0 aromatic heterocycles. The second-order valence-corrected chi connectivity index (χ2v) is 4.99. The van der Waals surface area contributed by atoms with E-state index in [4.69, 9.17) is 0 Å². The first-order valence-electron chi connectivity index (χ1n) is 6.85. The smallest absolute Gasteiger partial charge is 0.0518 e. The highest BCUT2D eigenvalue weighted by molar-refractivity contribution is 4.93. The third-order valence-electron chi connectivity index (χ3n) is 2.93. The van der Waals surface area contributed by atoms with Gasteiger partial charge in [-0.3, -0.25) is 0 Å². The van der Waals surface area contributed by atoms with Crippen LogP contribution in [0.4, 0.5) is 0 Å². The van der Waals surface area contributed by atoms with Crippen molar-refractivity contribution < 1.29 is 0 Å². The first-order valence-corrected chi connectivity index (χ1v) is 6.85. The first kappa shape index (κ1) is 15.6. The molecule has 0 saturated carbocycles. The molecule has 1 aliphatic rings. The van der Waals surface area contributed by atoms with Gasteiger partial charge in [0.25, 0.3) is 0 Å². The molecular formula is C19H19N. The molecule has 1 atom stereocenters. The van der Waals surface area contributed by atoms with Crippen LogP contribution in [0.2, 0.25) is 0 Å². The zero-order valence-corrected chi connectivity index (χ0v) is 12.2. The van der Waals surface area contributed by atoms with Gasteiger partial charge in [-0.2, -0.15) is 0 Å². The maximum Gasteiger partial charge on any atom is 0.0518 e. The Morgan fingerprint density at radius 1 is 1.10 bits per heavy atom. The molecule has 1 fully saturated rings. The van der Waals surface area contributed by atoms with E-state index in [0.717, 1.165) is 12.5 Å².